The van der Waals surface area contributed by atoms with E-state index in [-0.39, 0.29) is 17.5 Å². The molecular formula is C18H18FNO. The van der Waals surface area contributed by atoms with Gasteiger partial charge in [0.25, 0.3) is 0 Å². The van der Waals surface area contributed by atoms with Crippen molar-refractivity contribution in [3.63, 3.8) is 0 Å². The first-order chi connectivity index (χ1) is 10.1. The van der Waals surface area contributed by atoms with Crippen LogP contribution in [-0.4, -0.2) is 10.8 Å². The van der Waals surface area contributed by atoms with E-state index in [1.165, 1.54) is 0 Å². The largest absolute Gasteiger partial charge is 0.361 e. The number of H-pyrrole nitrogens is 1. The van der Waals surface area contributed by atoms with E-state index in [4.69, 9.17) is 0 Å². The lowest BCUT2D eigenvalue weighted by Gasteiger charge is -2.14. The molecule has 0 radical (unpaired) electrons. The number of benzene rings is 1. The Morgan fingerprint density at radius 1 is 1.33 bits per heavy atom. The number of ketones is 1. The van der Waals surface area contributed by atoms with Crippen LogP contribution in [0.25, 0.3) is 0 Å². The summed E-state index contributed by atoms with van der Waals surface area (Å²) in [7, 11) is 0. The Hall–Kier alpha value is -2.16. The Balaban J connectivity index is 1.96. The maximum absolute atomic E-state index is 13.4. The molecule has 0 spiro atoms. The van der Waals surface area contributed by atoms with Gasteiger partial charge in [-0.2, -0.15) is 0 Å². The number of carbonyl (C=O) groups excluding carboxylic acids is 1. The molecule has 1 aromatic heterocycles. The fourth-order valence-electron chi connectivity index (χ4n) is 2.94. The van der Waals surface area contributed by atoms with Crippen LogP contribution in [0.15, 0.2) is 48.3 Å². The van der Waals surface area contributed by atoms with E-state index < -0.39 is 0 Å². The Morgan fingerprint density at radius 2 is 2.10 bits per heavy atom. The van der Waals surface area contributed by atoms with Crippen molar-refractivity contribution in [1.82, 2.24) is 4.98 Å². The van der Waals surface area contributed by atoms with Crippen LogP contribution in [-0.2, 0) is 17.6 Å². The van der Waals surface area contributed by atoms with Crippen LogP contribution in [0.3, 0.4) is 0 Å². The second-order valence-corrected chi connectivity index (χ2v) is 5.63. The predicted octanol–water partition coefficient (Wildman–Crippen LogP) is 4.08. The molecule has 1 heterocycles. The number of fused-ring (bicyclic) bond motifs is 1. The molecule has 1 aliphatic rings. The van der Waals surface area contributed by atoms with Crippen LogP contribution in [0.2, 0.25) is 0 Å². The van der Waals surface area contributed by atoms with Gasteiger partial charge in [-0.1, -0.05) is 30.3 Å². The molecule has 1 atom stereocenters. The van der Waals surface area contributed by atoms with Crippen LogP contribution in [0.4, 0.5) is 4.39 Å². The summed E-state index contributed by atoms with van der Waals surface area (Å²) in [6, 6.07) is 12.0. The summed E-state index contributed by atoms with van der Waals surface area (Å²) in [6.07, 6.45) is 3.03. The van der Waals surface area contributed by atoms with Gasteiger partial charge in [-0.3, -0.25) is 4.79 Å². The zero-order valence-electron chi connectivity index (χ0n) is 12.0. The number of Topliss-reactive ketones (excluding diaryl/α,β-unsaturated/α-hetero) is 1. The molecule has 108 valence electrons. The van der Waals surface area contributed by atoms with Crippen molar-refractivity contribution >= 4 is 5.78 Å². The summed E-state index contributed by atoms with van der Waals surface area (Å²) in [5.74, 6) is 0.0916. The SMILES string of the molecule is CC(=O)C[C@@H](c1ccccc1)c1cc2c([nH]1)CC=C(F)C2. The third-order valence-electron chi connectivity index (χ3n) is 3.97. The highest BCUT2D eigenvalue weighted by molar-refractivity contribution is 5.77. The van der Waals surface area contributed by atoms with Crippen LogP contribution in [0.1, 0.15) is 41.8 Å². The fraction of sp³-hybridized carbons (Fsp3) is 0.278. The van der Waals surface area contributed by atoms with E-state index in [1.54, 1.807) is 13.0 Å². The molecule has 21 heavy (non-hydrogen) atoms. The molecule has 3 rings (SSSR count). The molecule has 1 aromatic carbocycles. The minimum Gasteiger partial charge on any atom is -0.361 e. The summed E-state index contributed by atoms with van der Waals surface area (Å²) in [4.78, 5) is 15.0. The molecule has 0 saturated heterocycles. The van der Waals surface area contributed by atoms with Gasteiger partial charge in [-0.25, -0.2) is 4.39 Å². The predicted molar refractivity (Wildman–Crippen MR) is 81.0 cm³/mol. The summed E-state index contributed by atoms with van der Waals surface area (Å²) in [5.41, 5.74) is 4.19. The van der Waals surface area contributed by atoms with Crippen molar-refractivity contribution in [3.05, 3.63) is 70.8 Å². The minimum atomic E-state index is -0.0733. The number of carbonyl (C=O) groups is 1. The van der Waals surface area contributed by atoms with Crippen molar-refractivity contribution in [3.8, 4) is 0 Å². The zero-order chi connectivity index (χ0) is 14.8. The van der Waals surface area contributed by atoms with E-state index in [0.29, 0.717) is 19.3 Å². The number of hydrogen-bond donors (Lipinski definition) is 1. The number of aromatic amines is 1. The number of hydrogen-bond acceptors (Lipinski definition) is 1. The highest BCUT2D eigenvalue weighted by Gasteiger charge is 2.21. The van der Waals surface area contributed by atoms with Gasteiger partial charge in [-0.15, -0.1) is 0 Å². The van der Waals surface area contributed by atoms with Crippen molar-refractivity contribution in [2.45, 2.75) is 32.1 Å². The van der Waals surface area contributed by atoms with E-state index in [0.717, 1.165) is 22.5 Å². The van der Waals surface area contributed by atoms with E-state index in [1.807, 2.05) is 36.4 Å². The van der Waals surface area contributed by atoms with Crippen molar-refractivity contribution < 1.29 is 9.18 Å². The monoisotopic (exact) mass is 283 g/mol. The molecule has 0 bridgehead atoms. The summed E-state index contributed by atoms with van der Waals surface area (Å²) >= 11 is 0. The molecular weight excluding hydrogens is 265 g/mol. The fourth-order valence-corrected chi connectivity index (χ4v) is 2.94. The van der Waals surface area contributed by atoms with Gasteiger partial charge in [-0.05, 0) is 30.2 Å². The van der Waals surface area contributed by atoms with Gasteiger partial charge in [0.2, 0.25) is 0 Å². The Bertz CT molecular complexity index is 684. The van der Waals surface area contributed by atoms with Crippen LogP contribution >= 0.6 is 0 Å². The van der Waals surface area contributed by atoms with Gasteiger partial charge >= 0.3 is 0 Å². The van der Waals surface area contributed by atoms with E-state index in [2.05, 4.69) is 4.98 Å². The Labute approximate surface area is 123 Å². The molecule has 3 heteroatoms. The standard InChI is InChI=1S/C18H18FNO/c1-12(21)9-16(13-5-3-2-4-6-13)18-11-14-10-15(19)7-8-17(14)20-18/h2-7,11,16,20H,8-10H2,1H3/t16-/m0/s1. The molecule has 1 N–H and O–H groups in total. The lowest BCUT2D eigenvalue weighted by Crippen LogP contribution is -2.06. The minimum absolute atomic E-state index is 0.0114. The van der Waals surface area contributed by atoms with Crippen molar-refractivity contribution in [1.29, 1.82) is 0 Å². The number of halogens is 1. The van der Waals surface area contributed by atoms with Crippen LogP contribution in [0.5, 0.6) is 0 Å². The van der Waals surface area contributed by atoms with E-state index in [9.17, 15) is 9.18 Å². The summed E-state index contributed by atoms with van der Waals surface area (Å²) < 4.78 is 13.4. The Kier molecular flexibility index (Phi) is 3.74. The molecule has 0 saturated carbocycles. The third-order valence-corrected chi connectivity index (χ3v) is 3.97. The Morgan fingerprint density at radius 3 is 2.81 bits per heavy atom. The first-order valence-corrected chi connectivity index (χ1v) is 7.23. The number of allylic oxidation sites excluding steroid dienone is 2. The van der Waals surface area contributed by atoms with E-state index >= 15 is 0 Å². The number of aromatic nitrogens is 1. The normalized spacial score (nSPS) is 15.2. The molecule has 0 aliphatic heterocycles. The summed E-state index contributed by atoms with van der Waals surface area (Å²) in [5, 5.41) is 0. The first kappa shape index (κ1) is 13.8. The molecule has 0 amide bonds. The molecule has 1 aliphatic carbocycles. The second-order valence-electron chi connectivity index (χ2n) is 5.63. The van der Waals surface area contributed by atoms with Crippen LogP contribution < -0.4 is 0 Å². The number of rotatable bonds is 4. The number of nitrogens with one attached hydrogen (secondary N) is 1. The van der Waals surface area contributed by atoms with Gasteiger partial charge < -0.3 is 4.98 Å². The topological polar surface area (TPSA) is 32.9 Å². The van der Waals surface area contributed by atoms with Gasteiger partial charge in [0.15, 0.2) is 0 Å². The average molecular weight is 283 g/mol. The first-order valence-electron chi connectivity index (χ1n) is 7.23. The third kappa shape index (κ3) is 2.97. The van der Waals surface area contributed by atoms with Crippen molar-refractivity contribution in [2.75, 3.05) is 0 Å². The average Bonchev–Trinajstić information content (AvgIpc) is 2.88. The highest BCUT2D eigenvalue weighted by atomic mass is 19.1. The highest BCUT2D eigenvalue weighted by Crippen LogP contribution is 2.31. The van der Waals surface area contributed by atoms with Gasteiger partial charge in [0, 0.05) is 36.6 Å². The lowest BCUT2D eigenvalue weighted by atomic mass is 9.91. The zero-order valence-corrected chi connectivity index (χ0v) is 12.0. The molecule has 0 fully saturated rings. The van der Waals surface area contributed by atoms with Gasteiger partial charge in [0.05, 0.1) is 0 Å². The lowest BCUT2D eigenvalue weighted by molar-refractivity contribution is -0.117. The molecule has 2 nitrogen and oxygen atoms in total. The molecule has 0 unspecified atom stereocenters. The van der Waals surface area contributed by atoms with Gasteiger partial charge in [0.1, 0.15) is 11.6 Å². The van der Waals surface area contributed by atoms with Crippen molar-refractivity contribution in [2.24, 2.45) is 0 Å². The maximum atomic E-state index is 13.4. The van der Waals surface area contributed by atoms with Crippen LogP contribution in [0, 0.1) is 0 Å². The second kappa shape index (κ2) is 5.68. The quantitative estimate of drug-likeness (QED) is 0.901. The summed E-state index contributed by atoms with van der Waals surface area (Å²) in [6.45, 7) is 1.61. The smallest absolute Gasteiger partial charge is 0.130 e. The maximum Gasteiger partial charge on any atom is 0.130 e. The molecule has 2 aromatic rings.